The number of nitrogens with zero attached hydrogens (tertiary/aromatic N) is 3. The number of rotatable bonds is 4. The summed E-state index contributed by atoms with van der Waals surface area (Å²) >= 11 is 0. The van der Waals surface area contributed by atoms with Crippen molar-refractivity contribution < 1.29 is 32.2 Å². The fourth-order valence-corrected chi connectivity index (χ4v) is 3.39. The average Bonchev–Trinajstić information content (AvgIpc) is 2.73. The third kappa shape index (κ3) is 5.97. The van der Waals surface area contributed by atoms with Crippen LogP contribution in [0.1, 0.15) is 36.8 Å². The normalized spacial score (nSPS) is 14.4. The first-order valence-corrected chi connectivity index (χ1v) is 10.8. The molecule has 0 atom stereocenters. The van der Waals surface area contributed by atoms with Gasteiger partial charge in [0.1, 0.15) is 17.0 Å². The monoisotopic (exact) mass is 488 g/mol. The first-order valence-electron chi connectivity index (χ1n) is 10.8. The number of halogens is 3. The summed E-state index contributed by atoms with van der Waals surface area (Å²) < 4.78 is 48.8. The number of amides is 2. The quantitative estimate of drug-likeness (QED) is 0.568. The summed E-state index contributed by atoms with van der Waals surface area (Å²) in [6.07, 6.45) is -4.29. The Morgan fingerprint density at radius 3 is 2.43 bits per heavy atom. The Balaban J connectivity index is 1.37. The summed E-state index contributed by atoms with van der Waals surface area (Å²) in [4.78, 5) is 34.3. The second-order valence-electron chi connectivity index (χ2n) is 9.09. The van der Waals surface area contributed by atoms with E-state index in [1.165, 1.54) is 0 Å². The van der Waals surface area contributed by atoms with Gasteiger partial charge in [0.2, 0.25) is 5.88 Å². The molecule has 0 aliphatic carbocycles. The van der Waals surface area contributed by atoms with Gasteiger partial charge in [-0.05, 0) is 51.1 Å². The molecule has 35 heavy (non-hydrogen) atoms. The number of ether oxygens (including phenoxy) is 2. The molecule has 184 valence electrons. The fourth-order valence-electron chi connectivity index (χ4n) is 3.39. The van der Waals surface area contributed by atoms with E-state index in [0.29, 0.717) is 35.9 Å². The van der Waals surface area contributed by atoms with Gasteiger partial charge in [0.15, 0.2) is 0 Å². The van der Waals surface area contributed by atoms with Crippen LogP contribution in [0.4, 0.5) is 18.0 Å². The predicted molar refractivity (Wildman–Crippen MR) is 120 cm³/mol. The summed E-state index contributed by atoms with van der Waals surface area (Å²) in [7, 11) is 0. The van der Waals surface area contributed by atoms with Crippen LogP contribution in [-0.4, -0.2) is 51.6 Å². The molecular formula is C24H23F3N4O4. The first-order chi connectivity index (χ1) is 16.4. The van der Waals surface area contributed by atoms with E-state index in [-0.39, 0.29) is 23.5 Å². The molecule has 1 N–H and O–H groups in total. The zero-order valence-electron chi connectivity index (χ0n) is 19.2. The summed E-state index contributed by atoms with van der Waals surface area (Å²) in [5.74, 6) is 0.122. The molecule has 1 aromatic carbocycles. The zero-order valence-corrected chi connectivity index (χ0v) is 19.2. The Morgan fingerprint density at radius 2 is 1.80 bits per heavy atom. The number of hydrogen-bond donors (Lipinski definition) is 1. The summed E-state index contributed by atoms with van der Waals surface area (Å²) in [5, 5.41) is 3.40. The topological polar surface area (TPSA) is 93.7 Å². The van der Waals surface area contributed by atoms with E-state index in [1.807, 2.05) is 0 Å². The molecule has 0 unspecified atom stereocenters. The second kappa shape index (κ2) is 9.05. The summed E-state index contributed by atoms with van der Waals surface area (Å²) in [6, 6.07) is 10.0. The van der Waals surface area contributed by atoms with E-state index in [1.54, 1.807) is 56.0 Å². The van der Waals surface area contributed by atoms with Gasteiger partial charge in [-0.25, -0.2) is 14.8 Å². The molecule has 1 saturated heterocycles. The number of benzene rings is 1. The fraction of sp³-hybridized carbons (Fsp3) is 0.333. The van der Waals surface area contributed by atoms with Crippen molar-refractivity contribution in [3.8, 4) is 11.6 Å². The van der Waals surface area contributed by atoms with Gasteiger partial charge in [0.05, 0.1) is 17.1 Å². The van der Waals surface area contributed by atoms with E-state index < -0.39 is 23.4 Å². The van der Waals surface area contributed by atoms with Crippen molar-refractivity contribution in [3.63, 3.8) is 0 Å². The zero-order chi connectivity index (χ0) is 25.4. The van der Waals surface area contributed by atoms with Gasteiger partial charge in [0, 0.05) is 30.7 Å². The largest absolute Gasteiger partial charge is 0.444 e. The van der Waals surface area contributed by atoms with Crippen molar-refractivity contribution in [2.75, 3.05) is 13.1 Å². The lowest BCUT2D eigenvalue weighted by Crippen LogP contribution is -2.61. The maximum Gasteiger partial charge on any atom is 0.417 e. The molecule has 0 spiro atoms. The number of carbonyl (C=O) groups is 2. The molecular weight excluding hydrogens is 465 g/mol. The number of carbonyl (C=O) groups excluding carboxylic acids is 2. The van der Waals surface area contributed by atoms with Gasteiger partial charge < -0.3 is 19.7 Å². The molecule has 0 radical (unpaired) electrons. The van der Waals surface area contributed by atoms with Gasteiger partial charge in [-0.1, -0.05) is 6.07 Å². The van der Waals surface area contributed by atoms with Crippen LogP contribution in [0.5, 0.6) is 11.6 Å². The van der Waals surface area contributed by atoms with Crippen LogP contribution in [-0.2, 0) is 10.9 Å². The highest BCUT2D eigenvalue weighted by Gasteiger charge is 2.34. The Bertz CT molecular complexity index is 1250. The van der Waals surface area contributed by atoms with Gasteiger partial charge in [-0.3, -0.25) is 4.79 Å². The number of aromatic nitrogens is 2. The Hall–Kier alpha value is -3.89. The molecule has 4 rings (SSSR count). The number of hydrogen-bond acceptors (Lipinski definition) is 6. The second-order valence-corrected chi connectivity index (χ2v) is 9.09. The van der Waals surface area contributed by atoms with Crippen molar-refractivity contribution in [1.29, 1.82) is 0 Å². The van der Waals surface area contributed by atoms with Crippen molar-refractivity contribution in [2.24, 2.45) is 0 Å². The molecule has 2 aromatic heterocycles. The van der Waals surface area contributed by atoms with E-state index >= 15 is 0 Å². The molecule has 3 aromatic rings. The van der Waals surface area contributed by atoms with Crippen LogP contribution in [0.25, 0.3) is 10.9 Å². The lowest BCUT2D eigenvalue weighted by atomic mass is 10.1. The molecule has 1 fully saturated rings. The lowest BCUT2D eigenvalue weighted by Gasteiger charge is -2.39. The third-order valence-electron chi connectivity index (χ3n) is 5.06. The summed E-state index contributed by atoms with van der Waals surface area (Å²) in [6.45, 7) is 6.02. The molecule has 0 saturated carbocycles. The maximum absolute atomic E-state index is 12.7. The summed E-state index contributed by atoms with van der Waals surface area (Å²) in [5.41, 5.74) is -0.657. The van der Waals surface area contributed by atoms with Crippen LogP contribution in [0.2, 0.25) is 0 Å². The van der Waals surface area contributed by atoms with Gasteiger partial charge >= 0.3 is 12.3 Å². The molecule has 8 nitrogen and oxygen atoms in total. The average molecular weight is 488 g/mol. The number of nitrogens with one attached hydrogen (secondary N) is 1. The standard InChI is InChI=1S/C24H23F3N4O4/c1-23(2,3)35-22(33)29-16-12-31(13-16)21(32)19-7-4-14-10-17(6-8-18(14)30-19)34-20-9-5-15(11-28-20)24(25,26)27/h4-11,16H,12-13H2,1-3H3,(H,29,33). The van der Waals surface area contributed by atoms with Crippen LogP contribution < -0.4 is 10.1 Å². The van der Waals surface area contributed by atoms with Crippen LogP contribution >= 0.6 is 0 Å². The number of fused-ring (bicyclic) bond motifs is 1. The lowest BCUT2D eigenvalue weighted by molar-refractivity contribution is -0.137. The van der Waals surface area contributed by atoms with E-state index in [2.05, 4.69) is 15.3 Å². The minimum absolute atomic E-state index is 0.0180. The molecule has 2 amide bonds. The number of alkyl carbamates (subject to hydrolysis) is 1. The number of pyridine rings is 2. The highest BCUT2D eigenvalue weighted by Crippen LogP contribution is 2.30. The highest BCUT2D eigenvalue weighted by molar-refractivity contribution is 5.95. The van der Waals surface area contributed by atoms with E-state index in [0.717, 1.165) is 12.1 Å². The Labute approximate surface area is 199 Å². The Morgan fingerprint density at radius 1 is 1.06 bits per heavy atom. The van der Waals surface area contributed by atoms with E-state index in [9.17, 15) is 22.8 Å². The molecule has 1 aliphatic heterocycles. The minimum atomic E-state index is -4.47. The highest BCUT2D eigenvalue weighted by atomic mass is 19.4. The smallest absolute Gasteiger partial charge is 0.417 e. The minimum Gasteiger partial charge on any atom is -0.444 e. The van der Waals surface area contributed by atoms with Crippen molar-refractivity contribution in [2.45, 2.75) is 38.6 Å². The molecule has 11 heteroatoms. The third-order valence-corrected chi connectivity index (χ3v) is 5.06. The maximum atomic E-state index is 12.7. The molecule has 0 bridgehead atoms. The van der Waals surface area contributed by atoms with Gasteiger partial charge in [-0.2, -0.15) is 13.2 Å². The predicted octanol–water partition coefficient (Wildman–Crippen LogP) is 4.79. The first kappa shape index (κ1) is 24.2. The van der Waals surface area contributed by atoms with Crippen molar-refractivity contribution >= 4 is 22.9 Å². The SMILES string of the molecule is CC(C)(C)OC(=O)NC1CN(C(=O)c2ccc3cc(Oc4ccc(C(F)(F)F)cn4)ccc3n2)C1. The van der Waals surface area contributed by atoms with Crippen molar-refractivity contribution in [3.05, 3.63) is 59.9 Å². The molecule has 3 heterocycles. The van der Waals surface area contributed by atoms with Gasteiger partial charge in [-0.15, -0.1) is 0 Å². The molecule has 1 aliphatic rings. The number of likely N-dealkylation sites (tertiary alicyclic amines) is 1. The van der Waals surface area contributed by atoms with Crippen LogP contribution in [0.15, 0.2) is 48.7 Å². The van der Waals surface area contributed by atoms with Gasteiger partial charge in [0.25, 0.3) is 5.91 Å². The van der Waals surface area contributed by atoms with E-state index in [4.69, 9.17) is 9.47 Å². The van der Waals surface area contributed by atoms with Crippen molar-refractivity contribution in [1.82, 2.24) is 20.2 Å². The van der Waals surface area contributed by atoms with Crippen LogP contribution in [0, 0.1) is 0 Å². The van der Waals surface area contributed by atoms with Crippen LogP contribution in [0.3, 0.4) is 0 Å². The number of alkyl halides is 3. The Kier molecular flexibility index (Phi) is 6.27.